The fourth-order valence-corrected chi connectivity index (χ4v) is 4.84. The van der Waals surface area contributed by atoms with Crippen LogP contribution in [0.4, 0.5) is 0 Å². The minimum absolute atomic E-state index is 0.0195. The van der Waals surface area contributed by atoms with Gasteiger partial charge in [-0.15, -0.1) is 0 Å². The molecule has 0 aromatic heterocycles. The van der Waals surface area contributed by atoms with Crippen molar-refractivity contribution >= 4 is 21.4 Å². The number of carbonyl (C=O) groups excluding carboxylic acids is 2. The predicted octanol–water partition coefficient (Wildman–Crippen LogP) is 4.61. The number of methoxy groups -OCH3 is 1. The van der Waals surface area contributed by atoms with Crippen LogP contribution in [0.5, 0.6) is 5.75 Å². The second kappa shape index (κ2) is 9.27. The first-order valence-corrected chi connectivity index (χ1v) is 11.4. The van der Waals surface area contributed by atoms with E-state index in [1.165, 1.54) is 19.2 Å². The molecular weight excluding hydrogens is 412 g/mol. The monoisotopic (exact) mass is 436 g/mol. The lowest BCUT2D eigenvalue weighted by Gasteiger charge is -2.17. The van der Waals surface area contributed by atoms with Crippen LogP contribution in [0, 0.1) is 13.8 Å². The molecule has 6 heteroatoms. The van der Waals surface area contributed by atoms with Crippen molar-refractivity contribution in [3.8, 4) is 5.75 Å². The van der Waals surface area contributed by atoms with Crippen molar-refractivity contribution in [1.82, 2.24) is 0 Å². The number of hydrogen-bond donors (Lipinski definition) is 0. The number of benzene rings is 3. The SMILES string of the molecule is COc1ccc(C(=O)C[C@H](C(=O)c2ccc(C)cc2)S(=O)(=O)c2ccc(C)cc2)cc1. The highest BCUT2D eigenvalue weighted by molar-refractivity contribution is 7.92. The van der Waals surface area contributed by atoms with Crippen LogP contribution in [0.15, 0.2) is 77.7 Å². The molecule has 0 unspecified atom stereocenters. The van der Waals surface area contributed by atoms with Gasteiger partial charge in [-0.3, -0.25) is 9.59 Å². The van der Waals surface area contributed by atoms with Gasteiger partial charge in [0.2, 0.25) is 0 Å². The summed E-state index contributed by atoms with van der Waals surface area (Å²) in [5.41, 5.74) is 2.42. The van der Waals surface area contributed by atoms with Crippen molar-refractivity contribution in [1.29, 1.82) is 0 Å². The molecule has 0 N–H and O–H groups in total. The minimum atomic E-state index is -4.09. The van der Waals surface area contributed by atoms with E-state index in [2.05, 4.69) is 0 Å². The normalized spacial score (nSPS) is 12.2. The van der Waals surface area contributed by atoms with Crippen molar-refractivity contribution in [2.24, 2.45) is 0 Å². The molecule has 0 spiro atoms. The summed E-state index contributed by atoms with van der Waals surface area (Å²) in [6.07, 6.45) is -0.449. The lowest BCUT2D eigenvalue weighted by Crippen LogP contribution is -2.33. The summed E-state index contributed by atoms with van der Waals surface area (Å²) in [5.74, 6) is -0.442. The number of rotatable bonds is 8. The lowest BCUT2D eigenvalue weighted by atomic mass is 10.0. The molecule has 0 aliphatic carbocycles. The van der Waals surface area contributed by atoms with Crippen molar-refractivity contribution < 1.29 is 22.7 Å². The number of Topliss-reactive ketones (excluding diaryl/α,β-unsaturated/α-hetero) is 2. The molecule has 0 saturated heterocycles. The number of carbonyl (C=O) groups is 2. The second-order valence-electron chi connectivity index (χ2n) is 7.43. The quantitative estimate of drug-likeness (QED) is 0.482. The third kappa shape index (κ3) is 5.09. The number of ketones is 2. The van der Waals surface area contributed by atoms with Gasteiger partial charge in [0.05, 0.1) is 12.0 Å². The average molecular weight is 437 g/mol. The molecule has 0 fully saturated rings. The maximum Gasteiger partial charge on any atom is 0.189 e. The maximum atomic E-state index is 13.4. The van der Waals surface area contributed by atoms with Crippen LogP contribution < -0.4 is 4.74 Å². The molecule has 3 rings (SSSR count). The Balaban J connectivity index is 2.00. The first-order chi connectivity index (χ1) is 14.7. The van der Waals surface area contributed by atoms with Crippen molar-refractivity contribution in [3.05, 3.63) is 95.1 Å². The van der Waals surface area contributed by atoms with Gasteiger partial charge in [-0.25, -0.2) is 8.42 Å². The molecule has 160 valence electrons. The van der Waals surface area contributed by atoms with E-state index in [4.69, 9.17) is 4.74 Å². The predicted molar refractivity (Wildman–Crippen MR) is 120 cm³/mol. The molecule has 0 bridgehead atoms. The minimum Gasteiger partial charge on any atom is -0.497 e. The summed E-state index contributed by atoms with van der Waals surface area (Å²) in [5, 5.41) is -1.52. The van der Waals surface area contributed by atoms with Gasteiger partial charge in [0.25, 0.3) is 0 Å². The van der Waals surface area contributed by atoms with Crippen molar-refractivity contribution in [2.75, 3.05) is 7.11 Å². The van der Waals surface area contributed by atoms with E-state index < -0.39 is 33.1 Å². The van der Waals surface area contributed by atoms with Gasteiger partial charge in [0.15, 0.2) is 21.4 Å². The standard InChI is InChI=1S/C25H24O5S/c1-17-4-8-20(9-5-17)25(27)24(31(28,29)22-14-6-18(2)7-15-22)16-23(26)19-10-12-21(30-3)13-11-19/h4-15,24H,16H2,1-3H3/t24-/m1/s1. The summed E-state index contributed by atoms with van der Waals surface area (Å²) in [6, 6.07) is 19.3. The number of hydrogen-bond acceptors (Lipinski definition) is 5. The zero-order valence-electron chi connectivity index (χ0n) is 17.7. The van der Waals surface area contributed by atoms with Crippen LogP contribution in [-0.2, 0) is 9.84 Å². The number of aryl methyl sites for hydroxylation is 2. The largest absolute Gasteiger partial charge is 0.497 e. The molecule has 5 nitrogen and oxygen atoms in total. The first kappa shape index (κ1) is 22.4. The van der Waals surface area contributed by atoms with E-state index in [1.807, 2.05) is 13.8 Å². The summed E-state index contributed by atoms with van der Waals surface area (Å²) >= 11 is 0. The Morgan fingerprint density at radius 1 is 0.774 bits per heavy atom. The third-order valence-electron chi connectivity index (χ3n) is 5.14. The maximum absolute atomic E-state index is 13.4. The Morgan fingerprint density at radius 3 is 1.77 bits per heavy atom. The highest BCUT2D eigenvalue weighted by atomic mass is 32.2. The van der Waals surface area contributed by atoms with Gasteiger partial charge in [0, 0.05) is 17.5 Å². The van der Waals surface area contributed by atoms with Crippen molar-refractivity contribution in [2.45, 2.75) is 30.4 Å². The summed E-state index contributed by atoms with van der Waals surface area (Å²) < 4.78 is 31.9. The van der Waals surface area contributed by atoms with Crippen LogP contribution in [0.25, 0.3) is 0 Å². The third-order valence-corrected chi connectivity index (χ3v) is 7.19. The van der Waals surface area contributed by atoms with Gasteiger partial charge >= 0.3 is 0 Å². The molecule has 0 amide bonds. The van der Waals surface area contributed by atoms with Crippen LogP contribution in [0.3, 0.4) is 0 Å². The number of sulfone groups is 1. The Hall–Kier alpha value is -3.25. The van der Waals surface area contributed by atoms with E-state index in [0.717, 1.165) is 11.1 Å². The van der Waals surface area contributed by atoms with E-state index in [1.54, 1.807) is 60.7 Å². The zero-order chi connectivity index (χ0) is 22.6. The van der Waals surface area contributed by atoms with Gasteiger partial charge in [-0.1, -0.05) is 47.5 Å². The first-order valence-electron chi connectivity index (χ1n) is 9.81. The van der Waals surface area contributed by atoms with Gasteiger partial charge < -0.3 is 4.74 Å². The number of ether oxygens (including phenoxy) is 1. The smallest absolute Gasteiger partial charge is 0.189 e. The molecule has 0 aliphatic heterocycles. The topological polar surface area (TPSA) is 77.5 Å². The zero-order valence-corrected chi connectivity index (χ0v) is 18.5. The molecule has 3 aromatic rings. The molecule has 31 heavy (non-hydrogen) atoms. The fraction of sp³-hybridized carbons (Fsp3) is 0.200. The highest BCUT2D eigenvalue weighted by Gasteiger charge is 2.36. The molecule has 0 heterocycles. The van der Waals surface area contributed by atoms with Gasteiger partial charge in [-0.2, -0.15) is 0 Å². The average Bonchev–Trinajstić information content (AvgIpc) is 2.77. The van der Waals surface area contributed by atoms with E-state index in [0.29, 0.717) is 11.3 Å². The highest BCUT2D eigenvalue weighted by Crippen LogP contribution is 2.25. The molecule has 1 atom stereocenters. The molecule has 3 aromatic carbocycles. The van der Waals surface area contributed by atoms with E-state index in [9.17, 15) is 18.0 Å². The Morgan fingerprint density at radius 2 is 1.26 bits per heavy atom. The summed E-state index contributed by atoms with van der Waals surface area (Å²) in [7, 11) is -2.57. The Kier molecular flexibility index (Phi) is 6.71. The summed E-state index contributed by atoms with van der Waals surface area (Å²) in [4.78, 5) is 26.2. The van der Waals surface area contributed by atoms with Crippen LogP contribution in [0.2, 0.25) is 0 Å². The molecule has 0 aliphatic rings. The molecular formula is C25H24O5S. The fourth-order valence-electron chi connectivity index (χ4n) is 3.20. The lowest BCUT2D eigenvalue weighted by molar-refractivity contribution is 0.0920. The van der Waals surface area contributed by atoms with Crippen molar-refractivity contribution in [3.63, 3.8) is 0 Å². The van der Waals surface area contributed by atoms with Gasteiger partial charge in [-0.05, 0) is 50.2 Å². The second-order valence-corrected chi connectivity index (χ2v) is 9.56. The van der Waals surface area contributed by atoms with Gasteiger partial charge in [0.1, 0.15) is 11.0 Å². The summed E-state index contributed by atoms with van der Waals surface area (Å²) in [6.45, 7) is 3.72. The van der Waals surface area contributed by atoms with E-state index >= 15 is 0 Å². The van der Waals surface area contributed by atoms with Crippen LogP contribution >= 0.6 is 0 Å². The van der Waals surface area contributed by atoms with Crippen LogP contribution in [0.1, 0.15) is 38.3 Å². The van der Waals surface area contributed by atoms with Crippen LogP contribution in [-0.4, -0.2) is 32.3 Å². The molecule has 0 saturated carbocycles. The molecule has 0 radical (unpaired) electrons. The Labute approximate surface area is 182 Å². The Bertz CT molecular complexity index is 1180. The van der Waals surface area contributed by atoms with E-state index in [-0.39, 0.29) is 10.5 Å².